The van der Waals surface area contributed by atoms with Crippen molar-refractivity contribution in [3.05, 3.63) is 53.6 Å². The predicted molar refractivity (Wildman–Crippen MR) is 82.4 cm³/mol. The number of aromatic hydroxyl groups is 1. The molecule has 0 spiro atoms. The lowest BCUT2D eigenvalue weighted by Gasteiger charge is -2.10. The fourth-order valence-electron chi connectivity index (χ4n) is 1.94. The molecular formula is C17H21NO2. The Kier molecular flexibility index (Phi) is 4.88. The highest BCUT2D eigenvalue weighted by Crippen LogP contribution is 2.21. The lowest BCUT2D eigenvalue weighted by atomic mass is 10.1. The maximum atomic E-state index is 9.79. The molecule has 3 heteroatoms. The molecular weight excluding hydrogens is 250 g/mol. The van der Waals surface area contributed by atoms with E-state index in [2.05, 4.69) is 12.2 Å². The van der Waals surface area contributed by atoms with Crippen LogP contribution in [-0.4, -0.2) is 11.7 Å². The molecule has 0 aromatic heterocycles. The SMILES string of the molecule is CCCOc1ccc(NCc2cc(C)ccc2O)cc1. The fraction of sp³-hybridized carbons (Fsp3) is 0.294. The zero-order valence-corrected chi connectivity index (χ0v) is 12.0. The summed E-state index contributed by atoms with van der Waals surface area (Å²) in [6.07, 6.45) is 1.01. The van der Waals surface area contributed by atoms with Crippen molar-refractivity contribution in [2.75, 3.05) is 11.9 Å². The second-order valence-corrected chi connectivity index (χ2v) is 4.86. The van der Waals surface area contributed by atoms with Crippen LogP contribution in [0.3, 0.4) is 0 Å². The molecule has 0 fully saturated rings. The quantitative estimate of drug-likeness (QED) is 0.831. The number of benzene rings is 2. The van der Waals surface area contributed by atoms with Crippen LogP contribution in [0.15, 0.2) is 42.5 Å². The van der Waals surface area contributed by atoms with Gasteiger partial charge in [-0.05, 0) is 43.7 Å². The third kappa shape index (κ3) is 3.92. The van der Waals surface area contributed by atoms with Crippen LogP contribution in [0.2, 0.25) is 0 Å². The number of hydrogen-bond donors (Lipinski definition) is 2. The number of hydrogen-bond acceptors (Lipinski definition) is 3. The first-order valence-corrected chi connectivity index (χ1v) is 6.94. The Balaban J connectivity index is 1.95. The molecule has 20 heavy (non-hydrogen) atoms. The van der Waals surface area contributed by atoms with Crippen molar-refractivity contribution in [3.8, 4) is 11.5 Å². The zero-order chi connectivity index (χ0) is 14.4. The summed E-state index contributed by atoms with van der Waals surface area (Å²) < 4.78 is 5.54. The monoisotopic (exact) mass is 271 g/mol. The Morgan fingerprint density at radius 2 is 1.85 bits per heavy atom. The Hall–Kier alpha value is -2.16. The van der Waals surface area contributed by atoms with Crippen LogP contribution < -0.4 is 10.1 Å². The lowest BCUT2D eigenvalue weighted by molar-refractivity contribution is 0.317. The molecule has 0 aliphatic carbocycles. The predicted octanol–water partition coefficient (Wildman–Crippen LogP) is 4.10. The number of phenols is 1. The molecule has 0 aliphatic rings. The molecule has 2 aromatic carbocycles. The molecule has 3 nitrogen and oxygen atoms in total. The number of anilines is 1. The number of ether oxygens (including phenoxy) is 1. The first-order chi connectivity index (χ1) is 9.69. The first-order valence-electron chi connectivity index (χ1n) is 6.94. The summed E-state index contributed by atoms with van der Waals surface area (Å²) in [5.74, 6) is 1.21. The topological polar surface area (TPSA) is 41.5 Å². The minimum Gasteiger partial charge on any atom is -0.508 e. The second-order valence-electron chi connectivity index (χ2n) is 4.86. The summed E-state index contributed by atoms with van der Waals surface area (Å²) in [5.41, 5.74) is 3.05. The molecule has 2 rings (SSSR count). The van der Waals surface area contributed by atoms with Gasteiger partial charge in [-0.1, -0.05) is 24.6 Å². The van der Waals surface area contributed by atoms with Crippen LogP contribution in [0.4, 0.5) is 5.69 Å². The maximum Gasteiger partial charge on any atom is 0.120 e. The minimum atomic E-state index is 0.325. The van der Waals surface area contributed by atoms with Crippen LogP contribution in [0.25, 0.3) is 0 Å². The van der Waals surface area contributed by atoms with Gasteiger partial charge < -0.3 is 15.2 Å². The van der Waals surface area contributed by atoms with Crippen molar-refractivity contribution in [1.82, 2.24) is 0 Å². The molecule has 2 N–H and O–H groups in total. The van der Waals surface area contributed by atoms with Crippen molar-refractivity contribution < 1.29 is 9.84 Å². The van der Waals surface area contributed by atoms with Crippen molar-refractivity contribution in [3.63, 3.8) is 0 Å². The van der Waals surface area contributed by atoms with E-state index in [1.165, 1.54) is 0 Å². The molecule has 0 saturated heterocycles. The molecule has 0 unspecified atom stereocenters. The number of aryl methyl sites for hydroxylation is 1. The van der Waals surface area contributed by atoms with E-state index in [9.17, 15) is 5.11 Å². The average Bonchev–Trinajstić information content (AvgIpc) is 2.47. The highest BCUT2D eigenvalue weighted by molar-refractivity contribution is 5.48. The highest BCUT2D eigenvalue weighted by Gasteiger charge is 2.01. The summed E-state index contributed by atoms with van der Waals surface area (Å²) in [6, 6.07) is 13.5. The van der Waals surface area contributed by atoms with E-state index < -0.39 is 0 Å². The molecule has 2 aromatic rings. The maximum absolute atomic E-state index is 9.79. The summed E-state index contributed by atoms with van der Waals surface area (Å²) in [7, 11) is 0. The third-order valence-corrected chi connectivity index (χ3v) is 3.05. The van der Waals surface area contributed by atoms with Gasteiger partial charge in [0.1, 0.15) is 11.5 Å². The van der Waals surface area contributed by atoms with Gasteiger partial charge in [-0.25, -0.2) is 0 Å². The number of rotatable bonds is 6. The molecule has 0 radical (unpaired) electrons. The number of phenolic OH excluding ortho intramolecular Hbond substituents is 1. The molecule has 0 saturated carbocycles. The standard InChI is InChI=1S/C17H21NO2/c1-3-10-20-16-7-5-15(6-8-16)18-12-14-11-13(2)4-9-17(14)19/h4-9,11,18-19H,3,10,12H2,1-2H3. The number of nitrogens with one attached hydrogen (secondary N) is 1. The van der Waals surface area contributed by atoms with Gasteiger partial charge in [-0.15, -0.1) is 0 Å². The van der Waals surface area contributed by atoms with Gasteiger partial charge in [-0.3, -0.25) is 0 Å². The summed E-state index contributed by atoms with van der Waals surface area (Å²) in [6.45, 7) is 5.44. The molecule has 0 atom stereocenters. The first kappa shape index (κ1) is 14.3. The second kappa shape index (κ2) is 6.85. The van der Waals surface area contributed by atoms with E-state index in [1.807, 2.05) is 43.3 Å². The van der Waals surface area contributed by atoms with Gasteiger partial charge in [-0.2, -0.15) is 0 Å². The van der Waals surface area contributed by atoms with E-state index in [4.69, 9.17) is 4.74 Å². The Morgan fingerprint density at radius 1 is 1.10 bits per heavy atom. The average molecular weight is 271 g/mol. The molecule has 0 amide bonds. The van der Waals surface area contributed by atoms with Crippen LogP contribution in [0.1, 0.15) is 24.5 Å². The summed E-state index contributed by atoms with van der Waals surface area (Å²) in [5, 5.41) is 13.1. The van der Waals surface area contributed by atoms with Crippen LogP contribution in [-0.2, 0) is 6.54 Å². The van der Waals surface area contributed by atoms with E-state index in [1.54, 1.807) is 6.07 Å². The van der Waals surface area contributed by atoms with E-state index in [0.29, 0.717) is 12.3 Å². The van der Waals surface area contributed by atoms with Crippen molar-refractivity contribution >= 4 is 5.69 Å². The Bertz CT molecular complexity index is 549. The summed E-state index contributed by atoms with van der Waals surface area (Å²) in [4.78, 5) is 0. The largest absolute Gasteiger partial charge is 0.508 e. The lowest BCUT2D eigenvalue weighted by Crippen LogP contribution is -2.00. The van der Waals surface area contributed by atoms with E-state index >= 15 is 0 Å². The molecule has 0 bridgehead atoms. The van der Waals surface area contributed by atoms with Gasteiger partial charge in [0.2, 0.25) is 0 Å². The van der Waals surface area contributed by atoms with Crippen LogP contribution >= 0.6 is 0 Å². The Morgan fingerprint density at radius 3 is 2.55 bits per heavy atom. The highest BCUT2D eigenvalue weighted by atomic mass is 16.5. The van der Waals surface area contributed by atoms with E-state index in [0.717, 1.165) is 35.6 Å². The smallest absolute Gasteiger partial charge is 0.120 e. The van der Waals surface area contributed by atoms with E-state index in [-0.39, 0.29) is 0 Å². The van der Waals surface area contributed by atoms with Gasteiger partial charge in [0.05, 0.1) is 6.61 Å². The zero-order valence-electron chi connectivity index (χ0n) is 12.0. The normalized spacial score (nSPS) is 10.3. The van der Waals surface area contributed by atoms with Gasteiger partial charge in [0, 0.05) is 17.8 Å². The minimum absolute atomic E-state index is 0.325. The Labute approximate surface area is 120 Å². The van der Waals surface area contributed by atoms with Crippen molar-refractivity contribution in [2.45, 2.75) is 26.8 Å². The van der Waals surface area contributed by atoms with Crippen molar-refractivity contribution in [2.24, 2.45) is 0 Å². The van der Waals surface area contributed by atoms with Gasteiger partial charge >= 0.3 is 0 Å². The fourth-order valence-corrected chi connectivity index (χ4v) is 1.94. The van der Waals surface area contributed by atoms with Crippen LogP contribution in [0.5, 0.6) is 11.5 Å². The third-order valence-electron chi connectivity index (χ3n) is 3.05. The molecule has 106 valence electrons. The molecule has 0 heterocycles. The summed E-state index contributed by atoms with van der Waals surface area (Å²) >= 11 is 0. The van der Waals surface area contributed by atoms with Crippen LogP contribution in [0, 0.1) is 6.92 Å². The van der Waals surface area contributed by atoms with Gasteiger partial charge in [0.25, 0.3) is 0 Å². The van der Waals surface area contributed by atoms with Crippen molar-refractivity contribution in [1.29, 1.82) is 0 Å². The van der Waals surface area contributed by atoms with Gasteiger partial charge in [0.15, 0.2) is 0 Å². The molecule has 0 aliphatic heterocycles.